The molecule has 1 aromatic carbocycles. The molecule has 0 heterocycles. The maximum atomic E-state index is 11.3. The zero-order valence-electron chi connectivity index (χ0n) is 13.4. The van der Waals surface area contributed by atoms with Crippen molar-refractivity contribution >= 4 is 17.5 Å². The zero-order valence-corrected chi connectivity index (χ0v) is 13.4. The standard InChI is InChI=1S/C17H26N2O2/c1-12-11-17(2,3)9-8-15(12)18-13-6-5-7-14(10-13)19-16(20)21-4/h5-7,10,12,15,18H,8-9,11H2,1-4H3,(H,19,20). The first-order chi connectivity index (χ1) is 9.89. The van der Waals surface area contributed by atoms with Crippen LogP contribution in [-0.2, 0) is 4.74 Å². The predicted octanol–water partition coefficient (Wildman–Crippen LogP) is 4.49. The molecule has 2 unspecified atom stereocenters. The Labute approximate surface area is 127 Å². The number of benzene rings is 1. The van der Waals surface area contributed by atoms with Crippen LogP contribution in [0.4, 0.5) is 16.2 Å². The lowest BCUT2D eigenvalue weighted by molar-refractivity contribution is 0.177. The maximum absolute atomic E-state index is 11.3. The molecular weight excluding hydrogens is 264 g/mol. The van der Waals surface area contributed by atoms with Crippen molar-refractivity contribution < 1.29 is 9.53 Å². The number of amides is 1. The van der Waals surface area contributed by atoms with Crippen LogP contribution < -0.4 is 10.6 Å². The van der Waals surface area contributed by atoms with E-state index in [1.165, 1.54) is 26.4 Å². The Balaban J connectivity index is 2.00. The molecule has 0 aromatic heterocycles. The van der Waals surface area contributed by atoms with E-state index < -0.39 is 6.09 Å². The van der Waals surface area contributed by atoms with Crippen LogP contribution in [0.15, 0.2) is 24.3 Å². The quantitative estimate of drug-likeness (QED) is 0.862. The molecule has 1 fully saturated rings. The molecule has 1 amide bonds. The van der Waals surface area contributed by atoms with Crippen molar-refractivity contribution in [1.82, 2.24) is 0 Å². The average molecular weight is 290 g/mol. The fourth-order valence-electron chi connectivity index (χ4n) is 3.23. The number of hydrogen-bond donors (Lipinski definition) is 2. The van der Waals surface area contributed by atoms with Crippen LogP contribution in [0, 0.1) is 11.3 Å². The summed E-state index contributed by atoms with van der Waals surface area (Å²) in [5.74, 6) is 0.644. The fraction of sp³-hybridized carbons (Fsp3) is 0.588. The van der Waals surface area contributed by atoms with Gasteiger partial charge in [0, 0.05) is 17.4 Å². The molecule has 2 rings (SSSR count). The van der Waals surface area contributed by atoms with Gasteiger partial charge in [0.2, 0.25) is 0 Å². The Kier molecular flexibility index (Phi) is 4.76. The van der Waals surface area contributed by atoms with E-state index in [2.05, 4.69) is 36.1 Å². The van der Waals surface area contributed by atoms with E-state index in [0.717, 1.165) is 11.4 Å². The van der Waals surface area contributed by atoms with Crippen LogP contribution >= 0.6 is 0 Å². The van der Waals surface area contributed by atoms with Crippen LogP contribution in [0.3, 0.4) is 0 Å². The first kappa shape index (κ1) is 15.7. The molecular formula is C17H26N2O2. The normalized spacial score (nSPS) is 24.2. The molecule has 4 nitrogen and oxygen atoms in total. The predicted molar refractivity (Wildman–Crippen MR) is 86.7 cm³/mol. The molecule has 1 aliphatic rings. The monoisotopic (exact) mass is 290 g/mol. The van der Waals surface area contributed by atoms with Crippen molar-refractivity contribution in [3.8, 4) is 0 Å². The molecule has 1 aromatic rings. The highest BCUT2D eigenvalue weighted by atomic mass is 16.5. The van der Waals surface area contributed by atoms with E-state index in [1.54, 1.807) is 0 Å². The maximum Gasteiger partial charge on any atom is 0.411 e. The summed E-state index contributed by atoms with van der Waals surface area (Å²) in [7, 11) is 1.36. The summed E-state index contributed by atoms with van der Waals surface area (Å²) in [6.45, 7) is 7.01. The third-order valence-electron chi connectivity index (χ3n) is 4.34. The first-order valence-corrected chi connectivity index (χ1v) is 7.61. The summed E-state index contributed by atoms with van der Waals surface area (Å²) < 4.78 is 4.61. The Morgan fingerprint density at radius 3 is 2.71 bits per heavy atom. The van der Waals surface area contributed by atoms with Crippen LogP contribution in [-0.4, -0.2) is 19.2 Å². The van der Waals surface area contributed by atoms with Gasteiger partial charge in [0.15, 0.2) is 0 Å². The SMILES string of the molecule is COC(=O)Nc1cccc(NC2CCC(C)(C)CC2C)c1. The second-order valence-electron chi connectivity index (χ2n) is 6.83. The van der Waals surface area contributed by atoms with Crippen LogP contribution in [0.1, 0.15) is 40.0 Å². The topological polar surface area (TPSA) is 50.4 Å². The Morgan fingerprint density at radius 1 is 1.33 bits per heavy atom. The summed E-state index contributed by atoms with van der Waals surface area (Å²) >= 11 is 0. The van der Waals surface area contributed by atoms with Gasteiger partial charge in [-0.1, -0.05) is 26.8 Å². The molecule has 0 radical (unpaired) electrons. The van der Waals surface area contributed by atoms with Crippen LogP contribution in [0.25, 0.3) is 0 Å². The van der Waals surface area contributed by atoms with Gasteiger partial charge in [-0.05, 0) is 48.8 Å². The zero-order chi connectivity index (χ0) is 15.5. The summed E-state index contributed by atoms with van der Waals surface area (Å²) in [6.07, 6.45) is 3.22. The highest BCUT2D eigenvalue weighted by Gasteiger charge is 2.32. The number of carbonyl (C=O) groups is 1. The van der Waals surface area contributed by atoms with Crippen molar-refractivity contribution in [1.29, 1.82) is 0 Å². The lowest BCUT2D eigenvalue weighted by Gasteiger charge is -2.40. The lowest BCUT2D eigenvalue weighted by atomic mass is 9.70. The summed E-state index contributed by atoms with van der Waals surface area (Å²) in [4.78, 5) is 11.3. The van der Waals surface area contributed by atoms with Crippen molar-refractivity contribution in [2.24, 2.45) is 11.3 Å². The molecule has 0 saturated heterocycles. The molecule has 4 heteroatoms. The minimum absolute atomic E-state index is 0.445. The van der Waals surface area contributed by atoms with Gasteiger partial charge in [0.1, 0.15) is 0 Å². The average Bonchev–Trinajstić information content (AvgIpc) is 2.42. The largest absolute Gasteiger partial charge is 0.453 e. The molecule has 1 saturated carbocycles. The molecule has 2 N–H and O–H groups in total. The number of nitrogens with one attached hydrogen (secondary N) is 2. The Bertz CT molecular complexity index is 499. The molecule has 21 heavy (non-hydrogen) atoms. The molecule has 0 bridgehead atoms. The third-order valence-corrected chi connectivity index (χ3v) is 4.34. The van der Waals surface area contributed by atoms with Crippen LogP contribution in [0.2, 0.25) is 0 Å². The summed E-state index contributed by atoms with van der Waals surface area (Å²) in [5.41, 5.74) is 2.24. The molecule has 0 aliphatic heterocycles. The number of rotatable bonds is 3. The van der Waals surface area contributed by atoms with Gasteiger partial charge in [-0.15, -0.1) is 0 Å². The highest BCUT2D eigenvalue weighted by molar-refractivity contribution is 5.85. The number of ether oxygens (including phenoxy) is 1. The van der Waals surface area contributed by atoms with Gasteiger partial charge in [-0.2, -0.15) is 0 Å². The Hall–Kier alpha value is -1.71. The smallest absolute Gasteiger partial charge is 0.411 e. The fourth-order valence-corrected chi connectivity index (χ4v) is 3.23. The van der Waals surface area contributed by atoms with E-state index >= 15 is 0 Å². The summed E-state index contributed by atoms with van der Waals surface area (Å²) in [6, 6.07) is 8.27. The third kappa shape index (κ3) is 4.38. The lowest BCUT2D eigenvalue weighted by Crippen LogP contribution is -2.36. The van der Waals surface area contributed by atoms with Gasteiger partial charge >= 0.3 is 6.09 Å². The van der Waals surface area contributed by atoms with Gasteiger partial charge in [0.25, 0.3) is 0 Å². The van der Waals surface area contributed by atoms with Gasteiger partial charge < -0.3 is 10.1 Å². The molecule has 116 valence electrons. The van der Waals surface area contributed by atoms with Crippen molar-refractivity contribution in [2.75, 3.05) is 17.7 Å². The molecule has 2 atom stereocenters. The van der Waals surface area contributed by atoms with Crippen molar-refractivity contribution in [3.63, 3.8) is 0 Å². The summed E-state index contributed by atoms with van der Waals surface area (Å²) in [5, 5.41) is 6.30. The number of anilines is 2. The number of carbonyl (C=O) groups excluding carboxylic acids is 1. The van der Waals surface area contributed by atoms with E-state index in [0.29, 0.717) is 17.4 Å². The van der Waals surface area contributed by atoms with Crippen LogP contribution in [0.5, 0.6) is 0 Å². The van der Waals surface area contributed by atoms with Gasteiger partial charge in [-0.3, -0.25) is 5.32 Å². The minimum Gasteiger partial charge on any atom is -0.453 e. The molecule has 0 spiro atoms. The van der Waals surface area contributed by atoms with Crippen molar-refractivity contribution in [3.05, 3.63) is 24.3 Å². The van der Waals surface area contributed by atoms with E-state index in [9.17, 15) is 4.79 Å². The van der Waals surface area contributed by atoms with Gasteiger partial charge in [0.05, 0.1) is 7.11 Å². The highest BCUT2D eigenvalue weighted by Crippen LogP contribution is 2.39. The van der Waals surface area contributed by atoms with E-state index in [-0.39, 0.29) is 0 Å². The number of hydrogen-bond acceptors (Lipinski definition) is 3. The molecule has 1 aliphatic carbocycles. The van der Waals surface area contributed by atoms with Crippen molar-refractivity contribution in [2.45, 2.75) is 46.1 Å². The number of methoxy groups -OCH3 is 1. The van der Waals surface area contributed by atoms with Gasteiger partial charge in [-0.25, -0.2) is 4.79 Å². The van der Waals surface area contributed by atoms with E-state index in [4.69, 9.17) is 0 Å². The van der Waals surface area contributed by atoms with E-state index in [1.807, 2.05) is 24.3 Å². The second-order valence-corrected chi connectivity index (χ2v) is 6.83. The Morgan fingerprint density at radius 2 is 2.05 bits per heavy atom. The second kappa shape index (κ2) is 6.37. The first-order valence-electron chi connectivity index (χ1n) is 7.61. The minimum atomic E-state index is -0.445.